The highest BCUT2D eigenvalue weighted by Gasteiger charge is 2.34. The molecule has 1 N–H and O–H groups in total. The normalized spacial score (nSPS) is 12.5. The van der Waals surface area contributed by atoms with Crippen LogP contribution in [0.25, 0.3) is 0 Å². The highest BCUT2D eigenvalue weighted by atomic mass is 35.6. The number of carbonyl (C=O) groups is 1. The molecule has 0 heterocycles. The minimum atomic E-state index is -1.86. The van der Waals surface area contributed by atoms with Crippen molar-refractivity contribution in [2.24, 2.45) is 4.99 Å². The Bertz CT molecular complexity index is 539. The molecule has 1 unspecified atom stereocenters. The van der Waals surface area contributed by atoms with Gasteiger partial charge in [0.1, 0.15) is 0 Å². The first-order chi connectivity index (χ1) is 8.75. The predicted octanol–water partition coefficient (Wildman–Crippen LogP) is 4.52. The van der Waals surface area contributed by atoms with E-state index in [0.29, 0.717) is 5.02 Å². The van der Waals surface area contributed by atoms with E-state index in [0.717, 1.165) is 0 Å². The summed E-state index contributed by atoms with van der Waals surface area (Å²) < 4.78 is -1.86. The molecule has 9 heteroatoms. The molecule has 19 heavy (non-hydrogen) atoms. The summed E-state index contributed by atoms with van der Waals surface area (Å²) in [6, 6.07) is 4.37. The summed E-state index contributed by atoms with van der Waals surface area (Å²) >= 11 is 33.0. The van der Waals surface area contributed by atoms with E-state index in [1.807, 2.05) is 5.16 Å². The van der Waals surface area contributed by atoms with Crippen molar-refractivity contribution in [1.82, 2.24) is 5.32 Å². The number of thiocarbonyl (C=S) groups is 1. The number of nitrogens with one attached hydrogen (secondary N) is 1. The van der Waals surface area contributed by atoms with Gasteiger partial charge < -0.3 is 5.32 Å². The van der Waals surface area contributed by atoms with Crippen LogP contribution in [0.5, 0.6) is 0 Å². The highest BCUT2D eigenvalue weighted by Crippen LogP contribution is 2.31. The van der Waals surface area contributed by atoms with Gasteiger partial charge in [0.05, 0.1) is 15.7 Å². The topological polar surface area (TPSA) is 41.5 Å². The van der Waals surface area contributed by atoms with Gasteiger partial charge in [0.25, 0.3) is 5.91 Å². The number of benzene rings is 1. The number of rotatable bonds is 3. The smallest absolute Gasteiger partial charge is 0.254 e. The number of carbonyl (C=O) groups excluding carboxylic acids is 1. The minimum Gasteiger partial charge on any atom is -0.326 e. The van der Waals surface area contributed by atoms with Gasteiger partial charge in [-0.05, 0) is 30.4 Å². The molecule has 1 amide bonds. The monoisotopic (exact) mass is 376 g/mol. The van der Waals surface area contributed by atoms with E-state index in [4.69, 9.17) is 58.0 Å². The van der Waals surface area contributed by atoms with Gasteiger partial charge in [0.15, 0.2) is 6.17 Å². The van der Waals surface area contributed by atoms with Crippen molar-refractivity contribution in [2.45, 2.75) is 9.96 Å². The average molecular weight is 378 g/mol. The van der Waals surface area contributed by atoms with Crippen LogP contribution in [0.3, 0.4) is 0 Å². The second-order valence-electron chi connectivity index (χ2n) is 3.26. The molecule has 0 saturated carbocycles. The quantitative estimate of drug-likeness (QED) is 0.477. The zero-order chi connectivity index (χ0) is 14.6. The van der Waals surface area contributed by atoms with Crippen LogP contribution in [0.15, 0.2) is 23.2 Å². The molecule has 0 aliphatic rings. The Kier molecular flexibility index (Phi) is 6.34. The lowest BCUT2D eigenvalue weighted by Gasteiger charge is -2.20. The van der Waals surface area contributed by atoms with Crippen molar-refractivity contribution >= 4 is 81.3 Å². The fourth-order valence-corrected chi connectivity index (χ4v) is 2.03. The molecule has 0 saturated heterocycles. The van der Waals surface area contributed by atoms with Gasteiger partial charge in [-0.15, -0.1) is 0 Å². The third-order valence-electron chi connectivity index (χ3n) is 1.94. The number of nitrogens with zero attached hydrogens (tertiary/aromatic N) is 1. The Morgan fingerprint density at radius 1 is 1.37 bits per heavy atom. The lowest BCUT2D eigenvalue weighted by Crippen LogP contribution is -2.42. The second kappa shape index (κ2) is 7.09. The van der Waals surface area contributed by atoms with Gasteiger partial charge in [-0.2, -0.15) is 0 Å². The number of hydrogen-bond donors (Lipinski definition) is 1. The van der Waals surface area contributed by atoms with E-state index in [9.17, 15) is 4.79 Å². The summed E-state index contributed by atoms with van der Waals surface area (Å²) in [7, 11) is 0. The Labute approximate surface area is 139 Å². The lowest BCUT2D eigenvalue weighted by atomic mass is 10.2. The summed E-state index contributed by atoms with van der Waals surface area (Å²) in [6.07, 6.45) is -1.17. The molecule has 1 atom stereocenters. The summed E-state index contributed by atoms with van der Waals surface area (Å²) in [5, 5.41) is 4.98. The summed E-state index contributed by atoms with van der Waals surface area (Å²) in [5.41, 5.74) is 0.171. The molecule has 0 bridgehead atoms. The second-order valence-corrected chi connectivity index (χ2v) is 6.66. The van der Waals surface area contributed by atoms with E-state index >= 15 is 0 Å². The van der Waals surface area contributed by atoms with Gasteiger partial charge in [0, 0.05) is 5.02 Å². The first-order valence-corrected chi connectivity index (χ1v) is 6.95. The molecule has 1 aromatic rings. The molecule has 0 aliphatic carbocycles. The SMILES string of the molecule is O=C(NC(N=C=S)C(Cl)(Cl)Cl)c1ccc(Cl)cc1Cl. The van der Waals surface area contributed by atoms with Gasteiger partial charge in [-0.1, -0.05) is 58.0 Å². The maximum absolute atomic E-state index is 12.0. The van der Waals surface area contributed by atoms with Crippen molar-refractivity contribution in [3.8, 4) is 0 Å². The van der Waals surface area contributed by atoms with Crippen LogP contribution in [0.4, 0.5) is 0 Å². The average Bonchev–Trinajstić information content (AvgIpc) is 2.26. The van der Waals surface area contributed by atoms with Gasteiger partial charge >= 0.3 is 0 Å². The standard InChI is InChI=1S/C10H5Cl5N2OS/c11-5-1-2-6(7(12)3-5)8(18)17-9(16-4-19)10(13,14)15/h1-3,9H,(H,17,18). The number of alkyl halides is 3. The van der Waals surface area contributed by atoms with Crippen LogP contribution in [0.1, 0.15) is 10.4 Å². The van der Waals surface area contributed by atoms with Crippen LogP contribution in [0.2, 0.25) is 10.0 Å². The first kappa shape index (κ1) is 17.0. The maximum Gasteiger partial charge on any atom is 0.254 e. The number of halogens is 5. The number of isothiocyanates is 1. The van der Waals surface area contributed by atoms with Crippen molar-refractivity contribution < 1.29 is 4.79 Å². The molecule has 0 spiro atoms. The Balaban J connectivity index is 2.97. The number of amides is 1. The molecular weight excluding hydrogens is 373 g/mol. The molecule has 0 aliphatic heterocycles. The summed E-state index contributed by atoms with van der Waals surface area (Å²) in [6.45, 7) is 0. The molecule has 1 aromatic carbocycles. The molecule has 0 radical (unpaired) electrons. The Morgan fingerprint density at radius 3 is 2.47 bits per heavy atom. The third kappa shape index (κ3) is 5.09. The minimum absolute atomic E-state index is 0.166. The van der Waals surface area contributed by atoms with Crippen molar-refractivity contribution in [2.75, 3.05) is 0 Å². The Hall–Kier alpha value is -0.0600. The Morgan fingerprint density at radius 2 is 2.00 bits per heavy atom. The van der Waals surface area contributed by atoms with Gasteiger partial charge in [0.2, 0.25) is 3.79 Å². The van der Waals surface area contributed by atoms with E-state index in [2.05, 4.69) is 22.5 Å². The van der Waals surface area contributed by atoms with Crippen molar-refractivity contribution in [3.05, 3.63) is 33.8 Å². The van der Waals surface area contributed by atoms with E-state index in [-0.39, 0.29) is 10.6 Å². The van der Waals surface area contributed by atoms with Crippen LogP contribution in [0, 0.1) is 0 Å². The number of hydrogen-bond acceptors (Lipinski definition) is 3. The maximum atomic E-state index is 12.0. The summed E-state index contributed by atoms with van der Waals surface area (Å²) in [4.78, 5) is 15.5. The zero-order valence-electron chi connectivity index (χ0n) is 8.96. The first-order valence-electron chi connectivity index (χ1n) is 4.65. The van der Waals surface area contributed by atoms with Crippen LogP contribution < -0.4 is 5.32 Å². The lowest BCUT2D eigenvalue weighted by molar-refractivity contribution is 0.0939. The number of aliphatic imine (C=N–C) groups is 1. The van der Waals surface area contributed by atoms with Gasteiger partial charge in [-0.3, -0.25) is 4.79 Å². The van der Waals surface area contributed by atoms with Gasteiger partial charge in [-0.25, -0.2) is 4.99 Å². The molecule has 102 valence electrons. The third-order valence-corrected chi connectivity index (χ3v) is 3.21. The van der Waals surface area contributed by atoms with Crippen molar-refractivity contribution in [1.29, 1.82) is 0 Å². The molecule has 3 nitrogen and oxygen atoms in total. The molecular formula is C10H5Cl5N2OS. The van der Waals surface area contributed by atoms with E-state index in [1.54, 1.807) is 0 Å². The molecule has 1 rings (SSSR count). The predicted molar refractivity (Wildman–Crippen MR) is 83.0 cm³/mol. The fourth-order valence-electron chi connectivity index (χ4n) is 1.12. The van der Waals surface area contributed by atoms with Crippen LogP contribution in [-0.2, 0) is 0 Å². The zero-order valence-corrected chi connectivity index (χ0v) is 13.6. The molecule has 0 aromatic heterocycles. The highest BCUT2D eigenvalue weighted by molar-refractivity contribution is 7.78. The fraction of sp³-hybridized carbons (Fsp3) is 0.200. The van der Waals surface area contributed by atoms with Crippen molar-refractivity contribution in [3.63, 3.8) is 0 Å². The largest absolute Gasteiger partial charge is 0.326 e. The van der Waals surface area contributed by atoms with Crippen LogP contribution >= 0.6 is 70.2 Å². The van der Waals surface area contributed by atoms with E-state index in [1.165, 1.54) is 18.2 Å². The van der Waals surface area contributed by atoms with E-state index < -0.39 is 15.9 Å². The van der Waals surface area contributed by atoms with Crippen LogP contribution in [-0.4, -0.2) is 21.0 Å². The molecule has 0 fully saturated rings. The summed E-state index contributed by atoms with van der Waals surface area (Å²) in [5.74, 6) is -0.577.